The highest BCUT2D eigenvalue weighted by molar-refractivity contribution is 6.31. The lowest BCUT2D eigenvalue weighted by Crippen LogP contribution is -2.31. The number of aliphatic hydroxyl groups is 1. The van der Waals surface area contributed by atoms with Gasteiger partial charge >= 0.3 is 0 Å². The summed E-state index contributed by atoms with van der Waals surface area (Å²) in [5, 5.41) is 16.7. The Morgan fingerprint density at radius 3 is 1.94 bits per heavy atom. The van der Waals surface area contributed by atoms with Crippen LogP contribution in [-0.2, 0) is 0 Å². The monoisotopic (exact) mass is 503 g/mol. The van der Waals surface area contributed by atoms with Crippen LogP contribution >= 0.6 is 24.0 Å². The number of unbranched alkanes of at least 4 members (excludes halogenated alkanes) is 8. The molecule has 0 heterocycles. The van der Waals surface area contributed by atoms with Crippen molar-refractivity contribution in [2.75, 3.05) is 19.6 Å². The zero-order valence-electron chi connectivity index (χ0n) is 21.1. The molecule has 4 heteroatoms. The SMILES string of the molecule is CCCCCCCN(CCCCCCC)CC(O)c1cc2ccc(Cl)cc2c2ccccc12.Cl. The molecular formula is C30H43Cl2NO. The zero-order valence-corrected chi connectivity index (χ0v) is 22.6. The molecule has 0 aliphatic rings. The van der Waals surface area contributed by atoms with Crippen molar-refractivity contribution in [1.29, 1.82) is 0 Å². The summed E-state index contributed by atoms with van der Waals surface area (Å²) in [6.45, 7) is 7.39. The first-order chi connectivity index (χ1) is 16.1. The van der Waals surface area contributed by atoms with E-state index in [1.54, 1.807) is 0 Å². The molecule has 0 spiro atoms. The first kappa shape index (κ1) is 28.9. The highest BCUT2D eigenvalue weighted by atomic mass is 35.5. The summed E-state index contributed by atoms with van der Waals surface area (Å²) in [4.78, 5) is 2.50. The van der Waals surface area contributed by atoms with Gasteiger partial charge in [0.25, 0.3) is 0 Å². The predicted molar refractivity (Wildman–Crippen MR) is 153 cm³/mol. The van der Waals surface area contributed by atoms with Crippen LogP contribution in [0.25, 0.3) is 21.5 Å². The molecule has 0 aliphatic carbocycles. The van der Waals surface area contributed by atoms with Gasteiger partial charge in [0.1, 0.15) is 0 Å². The van der Waals surface area contributed by atoms with Crippen LogP contribution in [0.5, 0.6) is 0 Å². The number of hydrogen-bond acceptors (Lipinski definition) is 2. The van der Waals surface area contributed by atoms with Gasteiger partial charge in [-0.1, -0.05) is 107 Å². The Hall–Kier alpha value is -1.32. The van der Waals surface area contributed by atoms with Gasteiger partial charge in [0.2, 0.25) is 0 Å². The Morgan fingerprint density at radius 1 is 0.735 bits per heavy atom. The average Bonchev–Trinajstić information content (AvgIpc) is 2.83. The van der Waals surface area contributed by atoms with Crippen molar-refractivity contribution in [3.63, 3.8) is 0 Å². The summed E-state index contributed by atoms with van der Waals surface area (Å²) in [6, 6.07) is 16.6. The van der Waals surface area contributed by atoms with Crippen LogP contribution < -0.4 is 0 Å². The molecule has 2 nitrogen and oxygen atoms in total. The number of fused-ring (bicyclic) bond motifs is 3. The topological polar surface area (TPSA) is 23.5 Å². The van der Waals surface area contributed by atoms with Crippen molar-refractivity contribution >= 4 is 45.6 Å². The van der Waals surface area contributed by atoms with Gasteiger partial charge in [0.05, 0.1) is 6.10 Å². The predicted octanol–water partition coefficient (Wildman–Crippen LogP) is 9.34. The fourth-order valence-electron chi connectivity index (χ4n) is 4.89. The van der Waals surface area contributed by atoms with Crippen LogP contribution in [-0.4, -0.2) is 29.6 Å². The molecular weight excluding hydrogens is 461 g/mol. The quantitative estimate of drug-likeness (QED) is 0.165. The molecule has 188 valence electrons. The van der Waals surface area contributed by atoms with E-state index in [2.05, 4.69) is 55.1 Å². The second kappa shape index (κ2) is 15.6. The lowest BCUT2D eigenvalue weighted by molar-refractivity contribution is 0.111. The van der Waals surface area contributed by atoms with E-state index in [4.69, 9.17) is 11.6 Å². The van der Waals surface area contributed by atoms with Gasteiger partial charge in [-0.05, 0) is 71.2 Å². The summed E-state index contributed by atoms with van der Waals surface area (Å²) in [5.41, 5.74) is 1.03. The number of nitrogens with zero attached hydrogens (tertiary/aromatic N) is 1. The Bertz CT molecular complexity index is 976. The van der Waals surface area contributed by atoms with Crippen molar-refractivity contribution in [2.45, 2.75) is 84.2 Å². The van der Waals surface area contributed by atoms with Gasteiger partial charge in [0.15, 0.2) is 0 Å². The maximum absolute atomic E-state index is 11.4. The molecule has 1 unspecified atom stereocenters. The molecule has 3 rings (SSSR count). The van der Waals surface area contributed by atoms with E-state index in [9.17, 15) is 5.11 Å². The molecule has 0 fully saturated rings. The number of benzene rings is 3. The molecule has 3 aromatic carbocycles. The Kier molecular flexibility index (Phi) is 13.3. The minimum absolute atomic E-state index is 0. The summed E-state index contributed by atoms with van der Waals surface area (Å²) in [6.07, 6.45) is 12.4. The van der Waals surface area contributed by atoms with E-state index in [-0.39, 0.29) is 12.4 Å². The van der Waals surface area contributed by atoms with Crippen LogP contribution in [0.3, 0.4) is 0 Å². The Labute approximate surface area is 218 Å². The lowest BCUT2D eigenvalue weighted by atomic mass is 9.94. The second-order valence-corrected chi connectivity index (χ2v) is 9.96. The van der Waals surface area contributed by atoms with Gasteiger partial charge in [0, 0.05) is 11.6 Å². The molecule has 0 amide bonds. The van der Waals surface area contributed by atoms with E-state index in [0.29, 0.717) is 6.54 Å². The number of hydrogen-bond donors (Lipinski definition) is 1. The fourth-order valence-corrected chi connectivity index (χ4v) is 5.07. The summed E-state index contributed by atoms with van der Waals surface area (Å²) in [7, 11) is 0. The zero-order chi connectivity index (χ0) is 23.5. The molecule has 34 heavy (non-hydrogen) atoms. The smallest absolute Gasteiger partial charge is 0.0923 e. The summed E-state index contributed by atoms with van der Waals surface area (Å²) >= 11 is 6.29. The molecule has 0 bridgehead atoms. The second-order valence-electron chi connectivity index (χ2n) is 9.52. The van der Waals surface area contributed by atoms with Crippen molar-refractivity contribution < 1.29 is 5.11 Å². The van der Waals surface area contributed by atoms with E-state index < -0.39 is 6.10 Å². The van der Waals surface area contributed by atoms with Crippen molar-refractivity contribution in [1.82, 2.24) is 4.90 Å². The molecule has 1 N–H and O–H groups in total. The van der Waals surface area contributed by atoms with Gasteiger partial charge in [-0.25, -0.2) is 0 Å². The molecule has 0 aromatic heterocycles. The van der Waals surface area contributed by atoms with Crippen LogP contribution in [0.15, 0.2) is 48.5 Å². The van der Waals surface area contributed by atoms with Crippen LogP contribution in [0, 0.1) is 0 Å². The summed E-state index contributed by atoms with van der Waals surface area (Å²) < 4.78 is 0. The standard InChI is InChI=1S/C30H42ClNO.ClH/c1-3-5-7-9-13-19-32(20-14-10-8-6-4-2)23-30(33)29-21-24-17-18-25(31)22-28(24)26-15-11-12-16-27(26)29;/h11-12,15-18,21-22,30,33H,3-10,13-14,19-20,23H2,1-2H3;1H. The third kappa shape index (κ3) is 8.41. The highest BCUT2D eigenvalue weighted by Gasteiger charge is 2.17. The minimum Gasteiger partial charge on any atom is -0.387 e. The lowest BCUT2D eigenvalue weighted by Gasteiger charge is -2.26. The van der Waals surface area contributed by atoms with Gasteiger partial charge < -0.3 is 10.0 Å². The first-order valence-corrected chi connectivity index (χ1v) is 13.5. The molecule has 1 atom stereocenters. The third-order valence-electron chi connectivity index (χ3n) is 6.80. The normalized spacial score (nSPS) is 12.4. The third-order valence-corrected chi connectivity index (χ3v) is 7.04. The van der Waals surface area contributed by atoms with Crippen LogP contribution in [0.1, 0.15) is 89.7 Å². The van der Waals surface area contributed by atoms with Crippen molar-refractivity contribution in [3.8, 4) is 0 Å². The maximum Gasteiger partial charge on any atom is 0.0923 e. The van der Waals surface area contributed by atoms with Crippen molar-refractivity contribution in [3.05, 3.63) is 59.1 Å². The number of halogens is 2. The van der Waals surface area contributed by atoms with E-state index in [0.717, 1.165) is 45.2 Å². The molecule has 3 aromatic rings. The van der Waals surface area contributed by atoms with E-state index in [1.165, 1.54) is 64.2 Å². The average molecular weight is 505 g/mol. The van der Waals surface area contributed by atoms with Gasteiger partial charge in [-0.15, -0.1) is 12.4 Å². The number of aliphatic hydroxyl groups excluding tert-OH is 1. The van der Waals surface area contributed by atoms with E-state index in [1.807, 2.05) is 12.1 Å². The number of rotatable bonds is 15. The fraction of sp³-hybridized carbons (Fsp3) is 0.533. The Morgan fingerprint density at radius 2 is 1.32 bits per heavy atom. The van der Waals surface area contributed by atoms with Crippen molar-refractivity contribution in [2.24, 2.45) is 0 Å². The largest absolute Gasteiger partial charge is 0.387 e. The van der Waals surface area contributed by atoms with Crippen LogP contribution in [0.4, 0.5) is 0 Å². The molecule has 0 saturated heterocycles. The van der Waals surface area contributed by atoms with Gasteiger partial charge in [-0.2, -0.15) is 0 Å². The highest BCUT2D eigenvalue weighted by Crippen LogP contribution is 2.33. The minimum atomic E-state index is -0.499. The maximum atomic E-state index is 11.4. The molecule has 0 saturated carbocycles. The van der Waals surface area contributed by atoms with Crippen LogP contribution in [0.2, 0.25) is 5.02 Å². The molecule has 0 aliphatic heterocycles. The molecule has 0 radical (unpaired) electrons. The van der Waals surface area contributed by atoms with E-state index >= 15 is 0 Å². The van der Waals surface area contributed by atoms with Gasteiger partial charge in [-0.3, -0.25) is 0 Å². The summed E-state index contributed by atoms with van der Waals surface area (Å²) in [5.74, 6) is 0. The Balaban J connectivity index is 0.00000408. The first-order valence-electron chi connectivity index (χ1n) is 13.1.